The molecule has 0 fully saturated rings. The van der Waals surface area contributed by atoms with Crippen molar-refractivity contribution in [1.29, 1.82) is 0 Å². The van der Waals surface area contributed by atoms with Gasteiger partial charge in [-0.05, 0) is 25.3 Å². The molecule has 0 aliphatic heterocycles. The van der Waals surface area contributed by atoms with E-state index in [0.29, 0.717) is 5.39 Å². The van der Waals surface area contributed by atoms with Gasteiger partial charge >= 0.3 is 11.9 Å². The van der Waals surface area contributed by atoms with Crippen LogP contribution in [-0.4, -0.2) is 36.3 Å². The lowest BCUT2D eigenvalue weighted by molar-refractivity contribution is -0.149. The van der Waals surface area contributed by atoms with Gasteiger partial charge in [0.2, 0.25) is 0 Å². The molecule has 2 aromatic carbocycles. The number of carbonyl (C=O) groups is 2. The molecule has 134 valence electrons. The third kappa shape index (κ3) is 5.01. The Hall–Kier alpha value is -2.45. The zero-order valence-corrected chi connectivity index (χ0v) is 14.5. The van der Waals surface area contributed by atoms with Crippen molar-refractivity contribution in [3.63, 3.8) is 0 Å². The summed E-state index contributed by atoms with van der Waals surface area (Å²) in [6.07, 6.45) is -1.32. The van der Waals surface area contributed by atoms with E-state index in [9.17, 15) is 22.6 Å². The molecule has 0 amide bonds. The van der Waals surface area contributed by atoms with Gasteiger partial charge in [-0.3, -0.25) is 14.1 Å². The van der Waals surface area contributed by atoms with Crippen molar-refractivity contribution < 1.29 is 32.0 Å². The molecule has 0 saturated carbocycles. The molecule has 1 atom stereocenters. The van der Waals surface area contributed by atoms with Gasteiger partial charge < -0.3 is 9.47 Å². The smallest absolute Gasteiger partial charge is 0.332 e. The summed E-state index contributed by atoms with van der Waals surface area (Å²) >= 11 is 0. The van der Waals surface area contributed by atoms with Gasteiger partial charge in [-0.15, -0.1) is 0 Å². The number of fused-ring (bicyclic) bond motifs is 1. The summed E-state index contributed by atoms with van der Waals surface area (Å²) in [7, 11) is -4.84. The van der Waals surface area contributed by atoms with Gasteiger partial charge in [-0.1, -0.05) is 36.4 Å². The van der Waals surface area contributed by atoms with Crippen LogP contribution in [0.5, 0.6) is 5.75 Å². The van der Waals surface area contributed by atoms with E-state index in [1.165, 1.54) is 6.07 Å². The molecule has 0 aliphatic carbocycles. The predicted molar refractivity (Wildman–Crippen MR) is 90.8 cm³/mol. The predicted octanol–water partition coefficient (Wildman–Crippen LogP) is 2.34. The quantitative estimate of drug-likeness (QED) is 0.475. The third-order valence-electron chi connectivity index (χ3n) is 3.30. The monoisotopic (exact) mass is 366 g/mol. The van der Waals surface area contributed by atoms with Crippen molar-refractivity contribution in [3.05, 3.63) is 42.5 Å². The highest BCUT2D eigenvalue weighted by atomic mass is 32.2. The molecule has 0 radical (unpaired) electrons. The molecule has 2 rings (SSSR count). The average Bonchev–Trinajstić information content (AvgIpc) is 2.51. The van der Waals surface area contributed by atoms with Crippen LogP contribution in [0.3, 0.4) is 0 Å². The van der Waals surface area contributed by atoms with E-state index in [1.54, 1.807) is 50.2 Å². The average molecular weight is 366 g/mol. The fourth-order valence-corrected chi connectivity index (χ4v) is 2.87. The molecule has 25 heavy (non-hydrogen) atoms. The molecule has 0 saturated heterocycles. The zero-order chi connectivity index (χ0) is 18.6. The molecule has 0 aliphatic rings. The van der Waals surface area contributed by atoms with E-state index < -0.39 is 39.8 Å². The van der Waals surface area contributed by atoms with E-state index in [-0.39, 0.29) is 5.75 Å². The van der Waals surface area contributed by atoms with E-state index >= 15 is 0 Å². The first-order valence-corrected chi connectivity index (χ1v) is 9.04. The summed E-state index contributed by atoms with van der Waals surface area (Å²) in [5.74, 6) is -2.04. The van der Waals surface area contributed by atoms with E-state index in [1.807, 2.05) is 0 Å². The second kappa shape index (κ2) is 7.62. The summed E-state index contributed by atoms with van der Waals surface area (Å²) in [5.41, 5.74) is 0. The minimum atomic E-state index is -4.84. The van der Waals surface area contributed by atoms with E-state index in [0.717, 1.165) is 5.39 Å². The van der Waals surface area contributed by atoms with Crippen LogP contribution in [0.4, 0.5) is 0 Å². The van der Waals surface area contributed by atoms with Crippen molar-refractivity contribution in [2.24, 2.45) is 0 Å². The van der Waals surface area contributed by atoms with Gasteiger partial charge in [-0.2, -0.15) is 8.42 Å². The van der Waals surface area contributed by atoms with E-state index in [2.05, 4.69) is 0 Å². The first-order chi connectivity index (χ1) is 11.7. The summed E-state index contributed by atoms with van der Waals surface area (Å²) in [6.45, 7) is 3.16. The van der Waals surface area contributed by atoms with Gasteiger partial charge in [0.15, 0.2) is 5.25 Å². The number of rotatable bonds is 6. The van der Waals surface area contributed by atoms with Gasteiger partial charge in [0, 0.05) is 5.39 Å². The van der Waals surface area contributed by atoms with Crippen LogP contribution >= 0.6 is 0 Å². The van der Waals surface area contributed by atoms with Crippen molar-refractivity contribution in [3.8, 4) is 5.75 Å². The lowest BCUT2D eigenvalue weighted by atomic mass is 10.1. The van der Waals surface area contributed by atoms with Crippen LogP contribution in [0, 0.1) is 0 Å². The summed E-state index contributed by atoms with van der Waals surface area (Å²) < 4.78 is 42.2. The lowest BCUT2D eigenvalue weighted by Gasteiger charge is -2.15. The Morgan fingerprint density at radius 1 is 1.08 bits per heavy atom. The van der Waals surface area contributed by atoms with Gasteiger partial charge in [0.05, 0.1) is 12.5 Å². The Labute approximate surface area is 145 Å². The van der Waals surface area contributed by atoms with E-state index in [4.69, 9.17) is 9.47 Å². The van der Waals surface area contributed by atoms with Crippen molar-refractivity contribution in [1.82, 2.24) is 0 Å². The number of benzene rings is 2. The molecule has 1 N–H and O–H groups in total. The van der Waals surface area contributed by atoms with Gasteiger partial charge in [0.1, 0.15) is 5.75 Å². The summed E-state index contributed by atoms with van der Waals surface area (Å²) in [5, 5.41) is -0.676. The number of hydrogen-bond donors (Lipinski definition) is 1. The molecule has 0 aromatic heterocycles. The Morgan fingerprint density at radius 3 is 2.36 bits per heavy atom. The summed E-state index contributed by atoms with van der Waals surface area (Å²) in [4.78, 5) is 23.9. The largest absolute Gasteiger partial charge is 0.463 e. The van der Waals surface area contributed by atoms with Crippen LogP contribution in [0.1, 0.15) is 20.3 Å². The third-order valence-corrected chi connectivity index (χ3v) is 4.38. The maximum Gasteiger partial charge on any atom is 0.332 e. The van der Waals surface area contributed by atoms with Crippen molar-refractivity contribution in [2.45, 2.75) is 31.6 Å². The highest BCUT2D eigenvalue weighted by Crippen LogP contribution is 2.26. The molecule has 0 heterocycles. The second-order valence-corrected chi connectivity index (χ2v) is 7.24. The zero-order valence-electron chi connectivity index (χ0n) is 13.7. The highest BCUT2D eigenvalue weighted by molar-refractivity contribution is 7.87. The molecular weight excluding hydrogens is 348 g/mol. The first kappa shape index (κ1) is 18.9. The topological polar surface area (TPSA) is 107 Å². The fraction of sp³-hybridized carbons (Fsp3) is 0.294. The number of esters is 2. The van der Waals surface area contributed by atoms with Crippen LogP contribution in [0.15, 0.2) is 42.5 Å². The standard InChI is InChI=1S/C17H18O7S/c1-11(2)23-16(18)10-15(25(20,21)22)17(19)24-14-9-5-7-12-6-3-4-8-13(12)14/h3-9,11,15H,10H2,1-2H3,(H,20,21,22). The Bertz CT molecular complexity index is 882. The van der Waals surface area contributed by atoms with Crippen LogP contribution in [0.25, 0.3) is 10.8 Å². The number of ether oxygens (including phenoxy) is 2. The van der Waals surface area contributed by atoms with Crippen molar-refractivity contribution in [2.75, 3.05) is 0 Å². The fourth-order valence-electron chi connectivity index (χ4n) is 2.23. The SMILES string of the molecule is CC(C)OC(=O)CC(C(=O)Oc1cccc2ccccc12)S(=O)(=O)O. The van der Waals surface area contributed by atoms with Crippen molar-refractivity contribution >= 4 is 32.8 Å². The van der Waals surface area contributed by atoms with Crippen LogP contribution < -0.4 is 4.74 Å². The molecule has 1 unspecified atom stereocenters. The Kier molecular flexibility index (Phi) is 5.76. The van der Waals surface area contributed by atoms with Gasteiger partial charge in [0.25, 0.3) is 10.1 Å². The molecule has 0 bridgehead atoms. The molecule has 7 nitrogen and oxygen atoms in total. The molecular formula is C17H18O7S. The van der Waals surface area contributed by atoms with Crippen LogP contribution in [0.2, 0.25) is 0 Å². The Balaban J connectivity index is 2.26. The molecule has 2 aromatic rings. The van der Waals surface area contributed by atoms with Gasteiger partial charge in [-0.25, -0.2) is 0 Å². The normalized spacial score (nSPS) is 12.8. The maximum atomic E-state index is 12.3. The minimum absolute atomic E-state index is 0.133. The van der Waals surface area contributed by atoms with Crippen LogP contribution in [-0.2, 0) is 24.4 Å². The molecule has 8 heteroatoms. The Morgan fingerprint density at radius 2 is 1.72 bits per heavy atom. The number of hydrogen-bond acceptors (Lipinski definition) is 6. The number of carbonyl (C=O) groups excluding carboxylic acids is 2. The lowest BCUT2D eigenvalue weighted by Crippen LogP contribution is -2.36. The maximum absolute atomic E-state index is 12.3. The minimum Gasteiger partial charge on any atom is -0.463 e. The highest BCUT2D eigenvalue weighted by Gasteiger charge is 2.36. The second-order valence-electron chi connectivity index (χ2n) is 5.64. The summed E-state index contributed by atoms with van der Waals surface area (Å²) in [6, 6.07) is 12.0. The molecule has 0 spiro atoms. The first-order valence-electron chi connectivity index (χ1n) is 7.53.